The van der Waals surface area contributed by atoms with Crippen LogP contribution in [0.15, 0.2) is 0 Å². The zero-order valence-electron chi connectivity index (χ0n) is 11.0. The molecule has 94 valence electrons. The number of piperidine rings is 1. The molecule has 2 saturated heterocycles. The Morgan fingerprint density at radius 3 is 2.94 bits per heavy atom. The third-order valence-electron chi connectivity index (χ3n) is 3.93. The number of nitrogens with zero attached hydrogens (tertiary/aromatic N) is 1. The average molecular weight is 226 g/mol. The van der Waals surface area contributed by atoms with E-state index >= 15 is 0 Å². The van der Waals surface area contributed by atoms with Gasteiger partial charge in [-0.2, -0.15) is 0 Å². The van der Waals surface area contributed by atoms with Gasteiger partial charge in [-0.3, -0.25) is 5.32 Å². The first-order chi connectivity index (χ1) is 7.61. The second kappa shape index (κ2) is 5.03. The minimum absolute atomic E-state index is 0.0686. The van der Waals surface area contributed by atoms with Gasteiger partial charge in [0.1, 0.15) is 5.72 Å². The van der Waals surface area contributed by atoms with Gasteiger partial charge >= 0.3 is 0 Å². The predicted molar refractivity (Wildman–Crippen MR) is 66.4 cm³/mol. The molecule has 0 aromatic heterocycles. The second-order valence-corrected chi connectivity index (χ2v) is 5.69. The number of rotatable bonds is 3. The average Bonchev–Trinajstić information content (AvgIpc) is 2.58. The summed E-state index contributed by atoms with van der Waals surface area (Å²) in [6.45, 7) is 11.3. The zero-order chi connectivity index (χ0) is 11.6. The lowest BCUT2D eigenvalue weighted by Gasteiger charge is -2.36. The van der Waals surface area contributed by atoms with Crippen LogP contribution in [-0.4, -0.2) is 42.9 Å². The predicted octanol–water partition coefficient (Wildman–Crippen LogP) is 1.83. The van der Waals surface area contributed by atoms with Crippen LogP contribution in [0.2, 0.25) is 0 Å². The zero-order valence-corrected chi connectivity index (χ0v) is 11.0. The Hall–Kier alpha value is -0.120. The molecule has 2 heterocycles. The smallest absolute Gasteiger partial charge is 0.117 e. The molecule has 2 rings (SSSR count). The molecular formula is C13H26N2O. The van der Waals surface area contributed by atoms with E-state index in [1.807, 2.05) is 0 Å². The van der Waals surface area contributed by atoms with E-state index in [2.05, 4.69) is 31.0 Å². The highest BCUT2D eigenvalue weighted by Gasteiger charge is 2.36. The van der Waals surface area contributed by atoms with Crippen molar-refractivity contribution in [2.75, 3.05) is 26.2 Å². The van der Waals surface area contributed by atoms with Crippen molar-refractivity contribution in [1.82, 2.24) is 10.2 Å². The van der Waals surface area contributed by atoms with Crippen LogP contribution in [0.4, 0.5) is 0 Å². The van der Waals surface area contributed by atoms with Crippen LogP contribution in [0.5, 0.6) is 0 Å². The van der Waals surface area contributed by atoms with Crippen molar-refractivity contribution in [1.29, 1.82) is 0 Å². The highest BCUT2D eigenvalue weighted by Crippen LogP contribution is 2.29. The number of hydrogen-bond donors (Lipinski definition) is 1. The van der Waals surface area contributed by atoms with Crippen LogP contribution in [0.3, 0.4) is 0 Å². The van der Waals surface area contributed by atoms with Gasteiger partial charge in [0.05, 0.1) is 6.61 Å². The van der Waals surface area contributed by atoms with Gasteiger partial charge in [-0.15, -0.1) is 0 Å². The SMILES string of the molecule is CCN1CCCC(CC2(C)NC(C)CO2)C1. The molecule has 0 aliphatic carbocycles. The van der Waals surface area contributed by atoms with Gasteiger partial charge in [-0.25, -0.2) is 0 Å². The van der Waals surface area contributed by atoms with Gasteiger partial charge in [-0.05, 0) is 52.1 Å². The van der Waals surface area contributed by atoms with E-state index in [0.29, 0.717) is 6.04 Å². The summed E-state index contributed by atoms with van der Waals surface area (Å²) in [5.41, 5.74) is -0.0686. The van der Waals surface area contributed by atoms with Crippen LogP contribution in [0, 0.1) is 5.92 Å². The lowest BCUT2D eigenvalue weighted by atomic mass is 9.90. The molecule has 0 aromatic rings. The minimum Gasteiger partial charge on any atom is -0.359 e. The maximum absolute atomic E-state index is 5.89. The van der Waals surface area contributed by atoms with E-state index in [4.69, 9.17) is 4.74 Å². The number of ether oxygens (including phenoxy) is 1. The second-order valence-electron chi connectivity index (χ2n) is 5.69. The van der Waals surface area contributed by atoms with Crippen molar-refractivity contribution in [3.63, 3.8) is 0 Å². The first kappa shape index (κ1) is 12.3. The lowest BCUT2D eigenvalue weighted by molar-refractivity contribution is -0.0222. The Kier molecular flexibility index (Phi) is 3.88. The molecule has 3 nitrogen and oxygen atoms in total. The van der Waals surface area contributed by atoms with Gasteiger partial charge in [0, 0.05) is 12.6 Å². The molecule has 0 bridgehead atoms. The molecule has 0 radical (unpaired) electrons. The molecule has 0 spiro atoms. The molecule has 1 N–H and O–H groups in total. The Morgan fingerprint density at radius 1 is 1.50 bits per heavy atom. The van der Waals surface area contributed by atoms with Gasteiger partial charge in [0.15, 0.2) is 0 Å². The highest BCUT2D eigenvalue weighted by molar-refractivity contribution is 4.87. The fourth-order valence-electron chi connectivity index (χ4n) is 3.19. The van der Waals surface area contributed by atoms with E-state index in [0.717, 1.165) is 18.9 Å². The maximum Gasteiger partial charge on any atom is 0.117 e. The molecule has 3 unspecified atom stereocenters. The Labute approximate surface area is 99.5 Å². The van der Waals surface area contributed by atoms with Crippen molar-refractivity contribution in [2.45, 2.75) is 51.8 Å². The summed E-state index contributed by atoms with van der Waals surface area (Å²) in [5.74, 6) is 0.802. The molecule has 2 fully saturated rings. The Bertz CT molecular complexity index is 234. The fraction of sp³-hybridized carbons (Fsp3) is 1.00. The quantitative estimate of drug-likeness (QED) is 0.794. The van der Waals surface area contributed by atoms with Crippen LogP contribution in [-0.2, 0) is 4.74 Å². The van der Waals surface area contributed by atoms with E-state index in [9.17, 15) is 0 Å². The number of hydrogen-bond acceptors (Lipinski definition) is 3. The van der Waals surface area contributed by atoms with E-state index in [1.54, 1.807) is 0 Å². The first-order valence-corrected chi connectivity index (χ1v) is 6.75. The van der Waals surface area contributed by atoms with Gasteiger partial charge in [0.25, 0.3) is 0 Å². The van der Waals surface area contributed by atoms with Gasteiger partial charge < -0.3 is 9.64 Å². The molecule has 0 saturated carbocycles. The fourth-order valence-corrected chi connectivity index (χ4v) is 3.19. The topological polar surface area (TPSA) is 24.5 Å². The summed E-state index contributed by atoms with van der Waals surface area (Å²) in [5, 5.41) is 3.57. The third kappa shape index (κ3) is 2.96. The summed E-state index contributed by atoms with van der Waals surface area (Å²) in [6, 6.07) is 0.510. The molecule has 3 atom stereocenters. The van der Waals surface area contributed by atoms with Crippen molar-refractivity contribution in [2.24, 2.45) is 5.92 Å². The molecule has 2 aliphatic rings. The van der Waals surface area contributed by atoms with Crippen LogP contribution < -0.4 is 5.32 Å². The van der Waals surface area contributed by atoms with Crippen molar-refractivity contribution in [3.8, 4) is 0 Å². The molecule has 2 aliphatic heterocycles. The number of likely N-dealkylation sites (tertiary alicyclic amines) is 1. The Morgan fingerprint density at radius 2 is 2.31 bits per heavy atom. The normalized spacial score (nSPS) is 41.4. The van der Waals surface area contributed by atoms with E-state index in [-0.39, 0.29) is 5.72 Å². The summed E-state index contributed by atoms with van der Waals surface area (Å²) in [6.07, 6.45) is 3.88. The highest BCUT2D eigenvalue weighted by atomic mass is 16.5. The van der Waals surface area contributed by atoms with Gasteiger partial charge in [0.2, 0.25) is 0 Å². The van der Waals surface area contributed by atoms with Crippen LogP contribution >= 0.6 is 0 Å². The third-order valence-corrected chi connectivity index (χ3v) is 3.93. The van der Waals surface area contributed by atoms with Crippen LogP contribution in [0.1, 0.15) is 40.0 Å². The number of nitrogens with one attached hydrogen (secondary N) is 1. The summed E-state index contributed by atoms with van der Waals surface area (Å²) >= 11 is 0. The van der Waals surface area contributed by atoms with Crippen LogP contribution in [0.25, 0.3) is 0 Å². The lowest BCUT2D eigenvalue weighted by Crippen LogP contribution is -2.45. The minimum atomic E-state index is -0.0686. The molecular weight excluding hydrogens is 200 g/mol. The Balaban J connectivity index is 1.84. The first-order valence-electron chi connectivity index (χ1n) is 6.75. The van der Waals surface area contributed by atoms with Crippen molar-refractivity contribution < 1.29 is 4.74 Å². The maximum atomic E-state index is 5.89. The van der Waals surface area contributed by atoms with E-state index < -0.39 is 0 Å². The standard InChI is InChI=1S/C13H26N2O/c1-4-15-7-5-6-12(9-15)8-13(3)14-11(2)10-16-13/h11-12,14H,4-10H2,1-3H3. The summed E-state index contributed by atoms with van der Waals surface area (Å²) < 4.78 is 5.89. The molecule has 16 heavy (non-hydrogen) atoms. The van der Waals surface area contributed by atoms with Gasteiger partial charge in [-0.1, -0.05) is 6.92 Å². The summed E-state index contributed by atoms with van der Waals surface area (Å²) in [7, 11) is 0. The molecule has 3 heteroatoms. The molecule has 0 aromatic carbocycles. The molecule has 0 amide bonds. The van der Waals surface area contributed by atoms with Crippen molar-refractivity contribution >= 4 is 0 Å². The van der Waals surface area contributed by atoms with Crippen molar-refractivity contribution in [3.05, 3.63) is 0 Å². The monoisotopic (exact) mass is 226 g/mol. The van der Waals surface area contributed by atoms with E-state index in [1.165, 1.54) is 32.5 Å². The summed E-state index contributed by atoms with van der Waals surface area (Å²) in [4.78, 5) is 2.57. The largest absolute Gasteiger partial charge is 0.359 e.